The number of carboxylic acids is 1. The number of aromatic nitrogens is 1. The highest BCUT2D eigenvalue weighted by Gasteiger charge is 2.37. The number of aliphatic carboxylic acids is 1. The van der Waals surface area contributed by atoms with Gasteiger partial charge in [-0.05, 0) is 37.9 Å². The molecular formula is C20H30N4O4. The van der Waals surface area contributed by atoms with Crippen molar-refractivity contribution in [3.05, 3.63) is 24.0 Å². The molecule has 0 aliphatic carbocycles. The standard InChI is InChI=1S/C20H30N4O4/c1-21-10-12-23(13-11-21)16-7-9-24(14-15(16)5-6-18(25)26)20(28)19(27)17-4-3-8-22(17)2/h3-4,8,15-16H,5-7,9-14H2,1-2H3,(H,25,26)/t15-,16+/m1/s1. The van der Waals surface area contributed by atoms with Crippen molar-refractivity contribution in [2.24, 2.45) is 13.0 Å². The van der Waals surface area contributed by atoms with Crippen molar-refractivity contribution in [3.63, 3.8) is 0 Å². The van der Waals surface area contributed by atoms with E-state index >= 15 is 0 Å². The number of ketones is 1. The number of hydrogen-bond donors (Lipinski definition) is 1. The Morgan fingerprint density at radius 1 is 1.11 bits per heavy atom. The van der Waals surface area contributed by atoms with Gasteiger partial charge >= 0.3 is 5.97 Å². The summed E-state index contributed by atoms with van der Waals surface area (Å²) in [6, 6.07) is 3.66. The van der Waals surface area contributed by atoms with Crippen LogP contribution in [-0.2, 0) is 16.6 Å². The quantitative estimate of drug-likeness (QED) is 0.564. The summed E-state index contributed by atoms with van der Waals surface area (Å²) in [6.07, 6.45) is 3.13. The average molecular weight is 390 g/mol. The van der Waals surface area contributed by atoms with E-state index in [4.69, 9.17) is 5.11 Å². The van der Waals surface area contributed by atoms with E-state index in [1.54, 1.807) is 34.8 Å². The lowest BCUT2D eigenvalue weighted by molar-refractivity contribution is -0.137. The Kier molecular flexibility index (Phi) is 6.51. The van der Waals surface area contributed by atoms with Gasteiger partial charge in [-0.25, -0.2) is 0 Å². The minimum Gasteiger partial charge on any atom is -0.481 e. The molecule has 0 bridgehead atoms. The minimum atomic E-state index is -0.819. The molecular weight excluding hydrogens is 360 g/mol. The predicted molar refractivity (Wildman–Crippen MR) is 104 cm³/mol. The summed E-state index contributed by atoms with van der Waals surface area (Å²) in [6.45, 7) is 4.89. The Balaban J connectivity index is 1.69. The molecule has 1 aromatic rings. The number of aryl methyl sites for hydroxylation is 1. The van der Waals surface area contributed by atoms with E-state index in [2.05, 4.69) is 16.8 Å². The smallest absolute Gasteiger partial charge is 0.303 e. The molecule has 2 saturated heterocycles. The molecule has 28 heavy (non-hydrogen) atoms. The van der Waals surface area contributed by atoms with Crippen LogP contribution in [0, 0.1) is 5.92 Å². The van der Waals surface area contributed by atoms with Crippen LogP contribution in [0.3, 0.4) is 0 Å². The topological polar surface area (TPSA) is 86.1 Å². The first-order valence-corrected chi connectivity index (χ1v) is 9.96. The van der Waals surface area contributed by atoms with E-state index in [1.165, 1.54) is 0 Å². The van der Waals surface area contributed by atoms with Crippen molar-refractivity contribution in [1.29, 1.82) is 0 Å². The summed E-state index contributed by atoms with van der Waals surface area (Å²) in [5.74, 6) is -1.74. The molecule has 0 radical (unpaired) electrons. The van der Waals surface area contributed by atoms with Crippen molar-refractivity contribution in [2.75, 3.05) is 46.3 Å². The summed E-state index contributed by atoms with van der Waals surface area (Å²) in [7, 11) is 3.85. The Morgan fingerprint density at radius 3 is 2.43 bits per heavy atom. The van der Waals surface area contributed by atoms with Gasteiger partial charge in [0, 0.05) is 65.0 Å². The second kappa shape index (κ2) is 8.87. The van der Waals surface area contributed by atoms with Crippen molar-refractivity contribution in [1.82, 2.24) is 19.3 Å². The van der Waals surface area contributed by atoms with Crippen LogP contribution < -0.4 is 0 Å². The van der Waals surface area contributed by atoms with E-state index in [9.17, 15) is 14.4 Å². The van der Waals surface area contributed by atoms with Crippen LogP contribution in [0.2, 0.25) is 0 Å². The number of Topliss-reactive ketones (excluding diaryl/α,β-unsaturated/α-hetero) is 1. The molecule has 0 aromatic carbocycles. The van der Waals surface area contributed by atoms with E-state index in [0.29, 0.717) is 25.2 Å². The molecule has 2 aliphatic heterocycles. The highest BCUT2D eigenvalue weighted by Crippen LogP contribution is 2.27. The number of amides is 1. The zero-order chi connectivity index (χ0) is 20.3. The normalized spacial score (nSPS) is 24.3. The van der Waals surface area contributed by atoms with Gasteiger partial charge in [-0.1, -0.05) is 0 Å². The Morgan fingerprint density at radius 2 is 1.82 bits per heavy atom. The molecule has 8 heteroatoms. The molecule has 0 unspecified atom stereocenters. The Hall–Kier alpha value is -2.19. The van der Waals surface area contributed by atoms with E-state index in [-0.39, 0.29) is 18.4 Å². The van der Waals surface area contributed by atoms with Crippen LogP contribution >= 0.6 is 0 Å². The average Bonchev–Trinajstić information content (AvgIpc) is 3.11. The number of piperidine rings is 1. The molecule has 8 nitrogen and oxygen atoms in total. The van der Waals surface area contributed by atoms with Gasteiger partial charge in [0.2, 0.25) is 0 Å². The molecule has 0 saturated carbocycles. The summed E-state index contributed by atoms with van der Waals surface area (Å²) in [4.78, 5) is 42.9. The van der Waals surface area contributed by atoms with Gasteiger partial charge in [-0.15, -0.1) is 0 Å². The van der Waals surface area contributed by atoms with Gasteiger partial charge in [0.05, 0.1) is 5.69 Å². The van der Waals surface area contributed by atoms with Crippen molar-refractivity contribution < 1.29 is 19.5 Å². The number of nitrogens with zero attached hydrogens (tertiary/aromatic N) is 4. The summed E-state index contributed by atoms with van der Waals surface area (Å²) in [5.41, 5.74) is 0.383. The maximum Gasteiger partial charge on any atom is 0.303 e. The number of rotatable bonds is 6. The fraction of sp³-hybridized carbons (Fsp3) is 0.650. The summed E-state index contributed by atoms with van der Waals surface area (Å²) >= 11 is 0. The highest BCUT2D eigenvalue weighted by molar-refractivity contribution is 6.42. The van der Waals surface area contributed by atoms with Crippen LogP contribution in [0.4, 0.5) is 0 Å². The number of carbonyl (C=O) groups is 3. The van der Waals surface area contributed by atoms with E-state index < -0.39 is 17.7 Å². The van der Waals surface area contributed by atoms with Crippen molar-refractivity contribution in [3.8, 4) is 0 Å². The molecule has 0 spiro atoms. The number of carbonyl (C=O) groups excluding carboxylic acids is 2. The molecule has 2 atom stereocenters. The van der Waals surface area contributed by atoms with Crippen molar-refractivity contribution >= 4 is 17.7 Å². The molecule has 1 aromatic heterocycles. The lowest BCUT2D eigenvalue weighted by Gasteiger charge is -2.46. The molecule has 3 rings (SSSR count). The minimum absolute atomic E-state index is 0.0680. The van der Waals surface area contributed by atoms with Crippen LogP contribution in [0.5, 0.6) is 0 Å². The zero-order valence-electron chi connectivity index (χ0n) is 16.7. The van der Waals surface area contributed by atoms with Crippen molar-refractivity contribution in [2.45, 2.75) is 25.3 Å². The first kappa shape index (κ1) is 20.5. The van der Waals surface area contributed by atoms with Gasteiger partial charge in [-0.3, -0.25) is 19.3 Å². The Labute approximate surface area is 165 Å². The van der Waals surface area contributed by atoms with Crippen LogP contribution in [0.1, 0.15) is 29.8 Å². The number of carboxylic acid groups (broad SMARTS) is 1. The van der Waals surface area contributed by atoms with Crippen LogP contribution in [-0.4, -0.2) is 94.4 Å². The second-order valence-corrected chi connectivity index (χ2v) is 7.97. The zero-order valence-corrected chi connectivity index (χ0v) is 16.7. The predicted octanol–water partition coefficient (Wildman–Crippen LogP) is 0.537. The summed E-state index contributed by atoms with van der Waals surface area (Å²) < 4.78 is 1.65. The van der Waals surface area contributed by atoms with Gasteiger partial charge in [0.25, 0.3) is 11.7 Å². The molecule has 1 N–H and O–H groups in total. The SMILES string of the molecule is CN1CCN([C@H]2CCN(C(=O)C(=O)c3cccn3C)C[C@H]2CCC(=O)O)CC1. The third kappa shape index (κ3) is 4.62. The number of likely N-dealkylation sites (N-methyl/N-ethyl adjacent to an activating group) is 1. The lowest BCUT2D eigenvalue weighted by Crippen LogP contribution is -2.57. The van der Waals surface area contributed by atoms with Crippen LogP contribution in [0.15, 0.2) is 18.3 Å². The maximum atomic E-state index is 12.8. The second-order valence-electron chi connectivity index (χ2n) is 7.97. The third-order valence-electron chi connectivity index (χ3n) is 6.09. The van der Waals surface area contributed by atoms with Gasteiger partial charge in [-0.2, -0.15) is 0 Å². The number of hydrogen-bond acceptors (Lipinski definition) is 5. The number of piperazine rings is 1. The summed E-state index contributed by atoms with van der Waals surface area (Å²) in [5, 5.41) is 9.14. The lowest BCUT2D eigenvalue weighted by atomic mass is 9.86. The Bertz CT molecular complexity index is 724. The van der Waals surface area contributed by atoms with Crippen LogP contribution in [0.25, 0.3) is 0 Å². The molecule has 2 fully saturated rings. The maximum absolute atomic E-state index is 12.8. The fourth-order valence-electron chi connectivity index (χ4n) is 4.38. The van der Waals surface area contributed by atoms with Gasteiger partial charge < -0.3 is 19.5 Å². The molecule has 2 aliphatic rings. The molecule has 154 valence electrons. The first-order chi connectivity index (χ1) is 13.4. The third-order valence-corrected chi connectivity index (χ3v) is 6.09. The van der Waals surface area contributed by atoms with E-state index in [1.807, 2.05) is 0 Å². The monoisotopic (exact) mass is 390 g/mol. The highest BCUT2D eigenvalue weighted by atomic mass is 16.4. The fourth-order valence-corrected chi connectivity index (χ4v) is 4.38. The van der Waals surface area contributed by atoms with Gasteiger partial charge in [0.15, 0.2) is 0 Å². The first-order valence-electron chi connectivity index (χ1n) is 9.96. The van der Waals surface area contributed by atoms with E-state index in [0.717, 1.165) is 32.6 Å². The number of likely N-dealkylation sites (tertiary alicyclic amines) is 1. The van der Waals surface area contributed by atoms with Gasteiger partial charge in [0.1, 0.15) is 0 Å². The molecule has 3 heterocycles. The molecule has 1 amide bonds. The largest absolute Gasteiger partial charge is 0.481 e.